The highest BCUT2D eigenvalue weighted by molar-refractivity contribution is 5.54. The van der Waals surface area contributed by atoms with Crippen LogP contribution in [0.15, 0.2) is 84.4 Å². The lowest BCUT2D eigenvalue weighted by molar-refractivity contribution is 0.356. The van der Waals surface area contributed by atoms with Crippen LogP contribution in [0.5, 0.6) is 17.2 Å². The summed E-state index contributed by atoms with van der Waals surface area (Å²) in [6, 6.07) is 24.2. The number of para-hydroxylation sites is 1. The Bertz CT molecular complexity index is 981. The molecule has 0 aromatic heterocycles. The normalized spacial score (nSPS) is 13.2. The van der Waals surface area contributed by atoms with Gasteiger partial charge in [0.1, 0.15) is 23.9 Å². The third-order valence-electron chi connectivity index (χ3n) is 4.97. The van der Waals surface area contributed by atoms with Crippen LogP contribution in [0.2, 0.25) is 0 Å². The topological polar surface area (TPSA) is 39.7 Å². The number of ether oxygens (including phenoxy) is 3. The number of rotatable bonds is 9. The quantitative estimate of drug-likeness (QED) is 0.484. The fourth-order valence-electron chi connectivity index (χ4n) is 3.22. The minimum Gasteiger partial charge on any atom is -0.497 e. The Kier molecular flexibility index (Phi) is 5.71. The number of hydrogen-bond donors (Lipinski definition) is 1. The average Bonchev–Trinajstić information content (AvgIpc) is 3.61. The molecule has 0 bridgehead atoms. The minimum atomic E-state index is -0.0848. The third kappa shape index (κ3) is 4.72. The zero-order valence-corrected chi connectivity index (χ0v) is 16.7. The van der Waals surface area contributed by atoms with Gasteiger partial charge in [-0.3, -0.25) is 0 Å². The van der Waals surface area contributed by atoms with E-state index in [0.29, 0.717) is 6.61 Å². The van der Waals surface area contributed by atoms with Crippen LogP contribution in [-0.4, -0.2) is 20.8 Å². The van der Waals surface area contributed by atoms with Crippen LogP contribution in [0.25, 0.3) is 0 Å². The Balaban J connectivity index is 1.65. The van der Waals surface area contributed by atoms with Crippen LogP contribution in [0, 0.1) is 0 Å². The number of allylic oxidation sites excluding steroid dienone is 1. The number of benzene rings is 3. The number of nitrogens with one attached hydrogen (secondary N) is 1. The van der Waals surface area contributed by atoms with Crippen LogP contribution in [0.3, 0.4) is 0 Å². The van der Waals surface area contributed by atoms with Gasteiger partial charge in [0.25, 0.3) is 0 Å². The van der Waals surface area contributed by atoms with Crippen molar-refractivity contribution in [2.75, 3.05) is 26.1 Å². The summed E-state index contributed by atoms with van der Waals surface area (Å²) in [7, 11) is 3.34. The summed E-state index contributed by atoms with van der Waals surface area (Å²) in [5, 5.41) is 3.63. The average molecular weight is 387 g/mol. The van der Waals surface area contributed by atoms with Gasteiger partial charge in [-0.05, 0) is 54.0 Å². The maximum Gasteiger partial charge on any atom is 0.128 e. The molecule has 0 fully saturated rings. The van der Waals surface area contributed by atoms with Gasteiger partial charge in [-0.15, -0.1) is 0 Å². The molecule has 3 aromatic rings. The summed E-state index contributed by atoms with van der Waals surface area (Å²) in [5.41, 5.74) is 4.56. The monoisotopic (exact) mass is 387 g/mol. The van der Waals surface area contributed by atoms with Crippen molar-refractivity contribution in [3.05, 3.63) is 95.6 Å². The predicted molar refractivity (Wildman–Crippen MR) is 116 cm³/mol. The SMILES string of the molecule is COc1ccc(C(Nc2ccccc2)c2ccc(OCC3=CC3)cc2)c(OC)c1. The molecule has 1 atom stereocenters. The first-order valence-corrected chi connectivity index (χ1v) is 9.71. The lowest BCUT2D eigenvalue weighted by Crippen LogP contribution is -2.13. The summed E-state index contributed by atoms with van der Waals surface area (Å²) >= 11 is 0. The molecule has 1 N–H and O–H groups in total. The van der Waals surface area contributed by atoms with Crippen molar-refractivity contribution < 1.29 is 14.2 Å². The highest BCUT2D eigenvalue weighted by Crippen LogP contribution is 2.36. The first-order chi connectivity index (χ1) is 14.3. The van der Waals surface area contributed by atoms with E-state index >= 15 is 0 Å². The van der Waals surface area contributed by atoms with Crippen molar-refractivity contribution in [1.82, 2.24) is 0 Å². The first kappa shape index (κ1) is 18.9. The number of hydrogen-bond acceptors (Lipinski definition) is 4. The molecule has 0 saturated heterocycles. The fourth-order valence-corrected chi connectivity index (χ4v) is 3.22. The summed E-state index contributed by atoms with van der Waals surface area (Å²) in [6.45, 7) is 0.678. The molecule has 1 aliphatic rings. The van der Waals surface area contributed by atoms with E-state index in [1.54, 1.807) is 14.2 Å². The molecule has 4 heteroatoms. The largest absolute Gasteiger partial charge is 0.497 e. The van der Waals surface area contributed by atoms with E-state index in [4.69, 9.17) is 14.2 Å². The Labute approximate surface area is 171 Å². The number of anilines is 1. The molecular formula is C25H25NO3. The van der Waals surface area contributed by atoms with Crippen molar-refractivity contribution in [2.24, 2.45) is 0 Å². The second kappa shape index (κ2) is 8.74. The van der Waals surface area contributed by atoms with Crippen molar-refractivity contribution in [1.29, 1.82) is 0 Å². The van der Waals surface area contributed by atoms with Crippen LogP contribution in [0.1, 0.15) is 23.6 Å². The van der Waals surface area contributed by atoms with Gasteiger partial charge in [-0.1, -0.05) is 36.4 Å². The Morgan fingerprint density at radius 1 is 0.862 bits per heavy atom. The molecule has 0 aliphatic heterocycles. The van der Waals surface area contributed by atoms with Gasteiger partial charge in [0, 0.05) is 17.3 Å². The van der Waals surface area contributed by atoms with Gasteiger partial charge in [-0.2, -0.15) is 0 Å². The van der Waals surface area contributed by atoms with Gasteiger partial charge in [0.05, 0.1) is 20.3 Å². The summed E-state index contributed by atoms with van der Waals surface area (Å²) < 4.78 is 16.9. The molecule has 4 rings (SSSR count). The van der Waals surface area contributed by atoms with Crippen molar-refractivity contribution in [2.45, 2.75) is 12.5 Å². The molecule has 4 nitrogen and oxygen atoms in total. The highest BCUT2D eigenvalue weighted by atomic mass is 16.5. The van der Waals surface area contributed by atoms with Crippen LogP contribution in [0.4, 0.5) is 5.69 Å². The molecule has 148 valence electrons. The van der Waals surface area contributed by atoms with E-state index in [1.807, 2.05) is 48.5 Å². The molecule has 0 amide bonds. The van der Waals surface area contributed by atoms with Gasteiger partial charge in [0.15, 0.2) is 0 Å². The Morgan fingerprint density at radius 2 is 1.59 bits per heavy atom. The molecule has 0 saturated carbocycles. The summed E-state index contributed by atoms with van der Waals surface area (Å²) in [5.74, 6) is 2.42. The van der Waals surface area contributed by atoms with Gasteiger partial charge in [0.2, 0.25) is 0 Å². The van der Waals surface area contributed by atoms with Crippen LogP contribution < -0.4 is 19.5 Å². The molecule has 0 heterocycles. The second-order valence-corrected chi connectivity index (χ2v) is 6.98. The molecule has 1 unspecified atom stereocenters. The van der Waals surface area contributed by atoms with E-state index in [0.717, 1.165) is 40.5 Å². The minimum absolute atomic E-state index is 0.0848. The summed E-state index contributed by atoms with van der Waals surface area (Å²) in [6.07, 6.45) is 3.27. The Morgan fingerprint density at radius 3 is 2.24 bits per heavy atom. The standard InChI is InChI=1S/C25H25NO3/c1-27-22-14-15-23(24(16-22)28-2)25(26-20-6-4-3-5-7-20)19-10-12-21(13-11-19)29-17-18-8-9-18/h3-8,10-16,25-26H,9,17H2,1-2H3. The lowest BCUT2D eigenvalue weighted by Gasteiger charge is -2.23. The van der Waals surface area contributed by atoms with E-state index in [2.05, 4.69) is 35.7 Å². The van der Waals surface area contributed by atoms with Gasteiger partial charge < -0.3 is 19.5 Å². The first-order valence-electron chi connectivity index (χ1n) is 9.71. The van der Waals surface area contributed by atoms with Gasteiger partial charge >= 0.3 is 0 Å². The highest BCUT2D eigenvalue weighted by Gasteiger charge is 2.19. The Hall–Kier alpha value is -3.40. The van der Waals surface area contributed by atoms with E-state index in [9.17, 15) is 0 Å². The molecule has 3 aromatic carbocycles. The van der Waals surface area contributed by atoms with Crippen LogP contribution in [-0.2, 0) is 0 Å². The molecule has 1 aliphatic carbocycles. The smallest absolute Gasteiger partial charge is 0.128 e. The van der Waals surface area contributed by atoms with Gasteiger partial charge in [-0.25, -0.2) is 0 Å². The zero-order chi connectivity index (χ0) is 20.1. The predicted octanol–water partition coefficient (Wildman–Crippen LogP) is 5.61. The summed E-state index contributed by atoms with van der Waals surface area (Å²) in [4.78, 5) is 0. The third-order valence-corrected chi connectivity index (χ3v) is 4.97. The lowest BCUT2D eigenvalue weighted by atomic mass is 9.97. The van der Waals surface area contributed by atoms with Crippen LogP contribution >= 0.6 is 0 Å². The van der Waals surface area contributed by atoms with Crippen molar-refractivity contribution in [3.63, 3.8) is 0 Å². The molecule has 29 heavy (non-hydrogen) atoms. The molecular weight excluding hydrogens is 362 g/mol. The second-order valence-electron chi connectivity index (χ2n) is 6.98. The van der Waals surface area contributed by atoms with E-state index in [-0.39, 0.29) is 6.04 Å². The maximum absolute atomic E-state index is 5.83. The number of methoxy groups -OCH3 is 2. The van der Waals surface area contributed by atoms with E-state index in [1.165, 1.54) is 5.57 Å². The van der Waals surface area contributed by atoms with Crippen molar-refractivity contribution >= 4 is 5.69 Å². The van der Waals surface area contributed by atoms with E-state index < -0.39 is 0 Å². The molecule has 0 spiro atoms. The fraction of sp³-hybridized carbons (Fsp3) is 0.200. The maximum atomic E-state index is 5.83. The van der Waals surface area contributed by atoms with Crippen molar-refractivity contribution in [3.8, 4) is 17.2 Å². The molecule has 0 radical (unpaired) electrons. The zero-order valence-electron chi connectivity index (χ0n) is 16.7.